The lowest BCUT2D eigenvalue weighted by molar-refractivity contribution is 0.0945. The van der Waals surface area contributed by atoms with Gasteiger partial charge >= 0.3 is 0 Å². The van der Waals surface area contributed by atoms with E-state index in [0.717, 1.165) is 16.7 Å². The van der Waals surface area contributed by atoms with E-state index in [4.69, 9.17) is 11.6 Å². The third-order valence-corrected chi connectivity index (χ3v) is 4.74. The van der Waals surface area contributed by atoms with Gasteiger partial charge in [-0.3, -0.25) is 4.79 Å². The molecule has 0 bridgehead atoms. The molecule has 1 amide bonds. The molecule has 1 aromatic carbocycles. The fourth-order valence-corrected chi connectivity index (χ4v) is 3.29. The number of rotatable bonds is 2. The maximum Gasteiger partial charge on any atom is 0.252 e. The molecule has 1 saturated carbocycles. The lowest BCUT2D eigenvalue weighted by Gasteiger charge is -2.09. The maximum atomic E-state index is 12.1. The number of nitrogens with one attached hydrogen (secondary N) is 2. The number of fused-ring (bicyclic) bond motifs is 1. The first kappa shape index (κ1) is 14.4. The molecule has 0 spiro atoms. The normalized spacial score (nSPS) is 28.2. The van der Waals surface area contributed by atoms with Gasteiger partial charge in [0.1, 0.15) is 0 Å². The molecule has 0 aromatic heterocycles. The van der Waals surface area contributed by atoms with Crippen LogP contribution in [-0.4, -0.2) is 25.0 Å². The fraction of sp³-hybridized carbons (Fsp3) is 0.417. The topological polar surface area (TPSA) is 41.1 Å². The van der Waals surface area contributed by atoms with E-state index in [9.17, 15) is 4.79 Å². The Bertz CT molecular complexity index is 473. The molecule has 18 heavy (non-hydrogen) atoms. The molecular weight excluding hydrogens is 386 g/mol. The fourth-order valence-electron chi connectivity index (χ4n) is 2.53. The molecule has 2 fully saturated rings. The highest BCUT2D eigenvalue weighted by atomic mass is 127. The van der Waals surface area contributed by atoms with Gasteiger partial charge in [-0.2, -0.15) is 0 Å². The van der Waals surface area contributed by atoms with E-state index in [-0.39, 0.29) is 18.3 Å². The highest BCUT2D eigenvalue weighted by Crippen LogP contribution is 2.41. The first-order valence-corrected chi connectivity index (χ1v) is 7.09. The van der Waals surface area contributed by atoms with Gasteiger partial charge in [0.15, 0.2) is 0 Å². The summed E-state index contributed by atoms with van der Waals surface area (Å²) in [5, 5.41) is 7.01. The Kier molecular flexibility index (Phi) is 4.41. The van der Waals surface area contributed by atoms with Gasteiger partial charge in [0.05, 0.1) is 5.56 Å². The van der Waals surface area contributed by atoms with Crippen molar-refractivity contribution in [3.05, 3.63) is 32.4 Å². The smallest absolute Gasteiger partial charge is 0.252 e. The lowest BCUT2D eigenvalue weighted by Crippen LogP contribution is -2.32. The van der Waals surface area contributed by atoms with Crippen molar-refractivity contribution >= 4 is 52.5 Å². The molecule has 1 heterocycles. The number of hydrogen-bond acceptors (Lipinski definition) is 2. The van der Waals surface area contributed by atoms with Crippen LogP contribution in [0.1, 0.15) is 10.4 Å². The highest BCUT2D eigenvalue weighted by Gasteiger charge is 2.53. The number of amides is 1. The van der Waals surface area contributed by atoms with Gasteiger partial charge in [-0.05, 0) is 52.6 Å². The zero-order valence-electron chi connectivity index (χ0n) is 9.45. The van der Waals surface area contributed by atoms with Crippen LogP contribution in [0.15, 0.2) is 18.2 Å². The van der Waals surface area contributed by atoms with Gasteiger partial charge in [-0.25, -0.2) is 0 Å². The number of benzene rings is 1. The van der Waals surface area contributed by atoms with Crippen LogP contribution in [0.2, 0.25) is 5.02 Å². The Morgan fingerprint density at radius 1 is 1.39 bits per heavy atom. The standard InChI is InChI=1S/C12H12ClIN2O.ClH/c13-6-1-2-10(14)7(3-6)12(17)16-11-8-4-15-5-9(8)11;/h1-3,8-9,11,15H,4-5H2,(H,16,17);1H. The summed E-state index contributed by atoms with van der Waals surface area (Å²) in [5.41, 5.74) is 0.677. The molecule has 98 valence electrons. The number of halogens is 3. The van der Waals surface area contributed by atoms with Gasteiger partial charge in [0.25, 0.3) is 5.91 Å². The van der Waals surface area contributed by atoms with Crippen LogP contribution >= 0.6 is 46.6 Å². The minimum Gasteiger partial charge on any atom is -0.349 e. The predicted molar refractivity (Wildman–Crippen MR) is 82.5 cm³/mol. The second-order valence-electron chi connectivity index (χ2n) is 4.61. The Labute approximate surface area is 131 Å². The quantitative estimate of drug-likeness (QED) is 0.750. The van der Waals surface area contributed by atoms with Crippen LogP contribution in [0.4, 0.5) is 0 Å². The van der Waals surface area contributed by atoms with E-state index >= 15 is 0 Å². The molecule has 1 aliphatic carbocycles. The average Bonchev–Trinajstić information content (AvgIpc) is 2.76. The van der Waals surface area contributed by atoms with Crippen LogP contribution in [0.25, 0.3) is 0 Å². The lowest BCUT2D eigenvalue weighted by atomic mass is 10.2. The molecular formula is C12H13Cl2IN2O. The second kappa shape index (κ2) is 5.53. The van der Waals surface area contributed by atoms with Crippen molar-refractivity contribution in [1.82, 2.24) is 10.6 Å². The van der Waals surface area contributed by atoms with E-state index in [2.05, 4.69) is 33.2 Å². The summed E-state index contributed by atoms with van der Waals surface area (Å²) in [6.45, 7) is 2.06. The molecule has 3 rings (SSSR count). The van der Waals surface area contributed by atoms with Gasteiger partial charge in [0.2, 0.25) is 0 Å². The summed E-state index contributed by atoms with van der Waals surface area (Å²) in [4.78, 5) is 12.1. The van der Waals surface area contributed by atoms with Crippen LogP contribution in [0.5, 0.6) is 0 Å². The molecule has 2 atom stereocenters. The zero-order valence-corrected chi connectivity index (χ0v) is 13.2. The molecule has 1 aliphatic heterocycles. The summed E-state index contributed by atoms with van der Waals surface area (Å²) < 4.78 is 0.938. The Morgan fingerprint density at radius 3 is 2.72 bits per heavy atom. The average molecular weight is 399 g/mol. The van der Waals surface area contributed by atoms with Crippen LogP contribution in [-0.2, 0) is 0 Å². The van der Waals surface area contributed by atoms with E-state index in [1.807, 2.05) is 6.07 Å². The van der Waals surface area contributed by atoms with Crippen LogP contribution in [0, 0.1) is 15.4 Å². The van der Waals surface area contributed by atoms with Crippen molar-refractivity contribution in [1.29, 1.82) is 0 Å². The zero-order chi connectivity index (χ0) is 12.0. The summed E-state index contributed by atoms with van der Waals surface area (Å²) >= 11 is 8.08. The van der Waals surface area contributed by atoms with Crippen molar-refractivity contribution in [3.63, 3.8) is 0 Å². The monoisotopic (exact) mass is 398 g/mol. The predicted octanol–water partition coefficient (Wildman–Crippen LogP) is 2.31. The van der Waals surface area contributed by atoms with Gasteiger partial charge < -0.3 is 10.6 Å². The van der Waals surface area contributed by atoms with Crippen molar-refractivity contribution < 1.29 is 4.79 Å². The molecule has 1 aromatic rings. The highest BCUT2D eigenvalue weighted by molar-refractivity contribution is 14.1. The number of carbonyl (C=O) groups is 1. The number of carbonyl (C=O) groups excluding carboxylic acids is 1. The molecule has 3 nitrogen and oxygen atoms in total. The molecule has 0 radical (unpaired) electrons. The molecule has 2 unspecified atom stereocenters. The summed E-state index contributed by atoms with van der Waals surface area (Å²) in [6, 6.07) is 5.76. The van der Waals surface area contributed by atoms with E-state index in [1.54, 1.807) is 12.1 Å². The second-order valence-corrected chi connectivity index (χ2v) is 6.21. The Hall–Kier alpha value is -0.0400. The Balaban J connectivity index is 0.00000120. The van der Waals surface area contributed by atoms with Crippen LogP contribution in [0.3, 0.4) is 0 Å². The summed E-state index contributed by atoms with van der Waals surface area (Å²) in [6.07, 6.45) is 0. The van der Waals surface area contributed by atoms with E-state index in [1.165, 1.54) is 0 Å². The first-order valence-electron chi connectivity index (χ1n) is 5.63. The Morgan fingerprint density at radius 2 is 2.06 bits per heavy atom. The maximum absolute atomic E-state index is 12.1. The van der Waals surface area contributed by atoms with Gasteiger partial charge in [0, 0.05) is 27.7 Å². The first-order chi connectivity index (χ1) is 8.16. The summed E-state index contributed by atoms with van der Waals surface area (Å²) in [7, 11) is 0. The number of hydrogen-bond donors (Lipinski definition) is 2. The molecule has 1 saturated heterocycles. The van der Waals surface area contributed by atoms with Crippen molar-refractivity contribution in [2.45, 2.75) is 6.04 Å². The van der Waals surface area contributed by atoms with E-state index < -0.39 is 0 Å². The number of piperidine rings is 1. The minimum atomic E-state index is -0.00343. The third-order valence-electron chi connectivity index (χ3n) is 3.56. The van der Waals surface area contributed by atoms with Gasteiger partial charge in [-0.15, -0.1) is 12.4 Å². The van der Waals surface area contributed by atoms with Gasteiger partial charge in [-0.1, -0.05) is 11.6 Å². The SMILES string of the molecule is Cl.O=C(NC1C2CNCC21)c1cc(Cl)ccc1I. The van der Waals surface area contributed by atoms with Crippen molar-refractivity contribution in [3.8, 4) is 0 Å². The summed E-state index contributed by atoms with van der Waals surface area (Å²) in [5.74, 6) is 1.27. The van der Waals surface area contributed by atoms with Crippen molar-refractivity contribution in [2.75, 3.05) is 13.1 Å². The molecule has 6 heteroatoms. The largest absolute Gasteiger partial charge is 0.349 e. The van der Waals surface area contributed by atoms with E-state index in [0.29, 0.717) is 28.5 Å². The van der Waals surface area contributed by atoms with Crippen molar-refractivity contribution in [2.24, 2.45) is 11.8 Å². The molecule has 2 N–H and O–H groups in total. The molecule has 2 aliphatic rings. The third kappa shape index (κ3) is 2.61. The minimum absolute atomic E-state index is 0. The van der Waals surface area contributed by atoms with Crippen LogP contribution < -0.4 is 10.6 Å².